The maximum atomic E-state index is 9.65. The van der Waals surface area contributed by atoms with Gasteiger partial charge in [0.15, 0.2) is 0 Å². The van der Waals surface area contributed by atoms with Gasteiger partial charge in [-0.05, 0) is 0 Å². The van der Waals surface area contributed by atoms with E-state index in [9.17, 15) is 4.79 Å². The van der Waals surface area contributed by atoms with E-state index in [1.165, 1.54) is 0 Å². The number of nitrogens with two attached hydrogens (primary N) is 1. The van der Waals surface area contributed by atoms with Crippen LogP contribution in [0.3, 0.4) is 0 Å². The molecule has 1 atom stereocenters. The first-order valence-corrected chi connectivity index (χ1v) is 1.77. The molecule has 0 aromatic rings. The van der Waals surface area contributed by atoms with Gasteiger partial charge in [-0.25, -0.2) is 0 Å². The summed E-state index contributed by atoms with van der Waals surface area (Å²) in [5.74, 6) is -1.18. The van der Waals surface area contributed by atoms with Gasteiger partial charge in [0.25, 0.3) is 0 Å². The van der Waals surface area contributed by atoms with E-state index in [0.29, 0.717) is 0 Å². The number of carboxylic acids is 1. The van der Waals surface area contributed by atoms with Crippen LogP contribution in [0.5, 0.6) is 0 Å². The Labute approximate surface area is 59.4 Å². The number of carboxylic acid groups (broad SMARTS) is 1. The normalized spacial score (nSPS) is 11.8. The molecule has 0 spiro atoms. The Bertz CT molecular complexity index is 76.9. The monoisotopic (exact) mass is 169 g/mol. The number of hydrogen-bond acceptors (Lipinski definition) is 3. The number of aliphatic hydroxyl groups is 1. The third-order valence-corrected chi connectivity index (χ3v) is 0.514. The van der Waals surface area contributed by atoms with E-state index in [4.69, 9.17) is 15.9 Å². The third kappa shape index (κ3) is 4.18. The second kappa shape index (κ2) is 5.16. The molecule has 0 saturated carbocycles. The zero-order chi connectivity index (χ0) is 5.86. The van der Waals surface area contributed by atoms with Crippen molar-refractivity contribution in [3.8, 4) is 0 Å². The molecule has 0 rings (SSSR count). The largest absolute Gasteiger partial charge is 0.480 e. The Morgan fingerprint density at radius 2 is 2.12 bits per heavy atom. The van der Waals surface area contributed by atoms with Gasteiger partial charge in [0, 0.05) is 19.5 Å². The predicted octanol–water partition coefficient (Wildman–Crippen LogP) is -1.61. The fourth-order valence-corrected chi connectivity index (χ4v) is 0.0781. The van der Waals surface area contributed by atoms with Gasteiger partial charge in [-0.1, -0.05) is 0 Å². The second-order valence-corrected chi connectivity index (χ2v) is 1.13. The molecule has 0 bridgehead atoms. The van der Waals surface area contributed by atoms with Crippen LogP contribution in [0.1, 0.15) is 0 Å². The van der Waals surface area contributed by atoms with Crippen LogP contribution in [-0.2, 0) is 24.3 Å². The molecule has 0 fully saturated rings. The average Bonchev–Trinajstić information content (AvgIpc) is 1.65. The summed E-state index contributed by atoms with van der Waals surface area (Å²) in [5, 5.41) is 15.9. The molecule has 0 radical (unpaired) electrons. The Balaban J connectivity index is 0. The molecule has 0 aliphatic carbocycles. The van der Waals surface area contributed by atoms with E-state index in [1.54, 1.807) is 0 Å². The summed E-state index contributed by atoms with van der Waals surface area (Å²) in [6.45, 7) is -0.505. The topological polar surface area (TPSA) is 83.5 Å². The summed E-state index contributed by atoms with van der Waals surface area (Å²) < 4.78 is 0. The number of carbonyl (C=O) groups is 1. The standard InChI is InChI=1S/C3H7NO3.Zn/c4-2(1-5)3(6)7;/h2,5H,1,4H2,(H,6,7);. The van der Waals surface area contributed by atoms with Crippen molar-refractivity contribution in [3.63, 3.8) is 0 Å². The molecule has 8 heavy (non-hydrogen) atoms. The average molecular weight is 170 g/mol. The smallest absolute Gasteiger partial charge is 0.322 e. The summed E-state index contributed by atoms with van der Waals surface area (Å²) in [6.07, 6.45) is 0. The number of hydrogen-bond donors (Lipinski definition) is 3. The Hall–Kier alpha value is 0.0134. The van der Waals surface area contributed by atoms with Crippen molar-refractivity contribution < 1.29 is 34.5 Å². The zero-order valence-electron chi connectivity index (χ0n) is 4.37. The fraction of sp³-hybridized carbons (Fsp3) is 0.667. The van der Waals surface area contributed by atoms with Crippen molar-refractivity contribution in [1.29, 1.82) is 0 Å². The maximum absolute atomic E-state index is 9.65. The van der Waals surface area contributed by atoms with Crippen LogP contribution in [0.4, 0.5) is 0 Å². The van der Waals surface area contributed by atoms with Crippen molar-refractivity contribution in [2.75, 3.05) is 6.61 Å². The Morgan fingerprint density at radius 3 is 2.12 bits per heavy atom. The molecular formula is C3H7NO3Zn. The van der Waals surface area contributed by atoms with Crippen LogP contribution < -0.4 is 5.73 Å². The van der Waals surface area contributed by atoms with Crippen LogP contribution in [0, 0.1) is 0 Å². The molecule has 4 nitrogen and oxygen atoms in total. The van der Waals surface area contributed by atoms with Crippen molar-refractivity contribution in [1.82, 2.24) is 0 Å². The van der Waals surface area contributed by atoms with Crippen molar-refractivity contribution in [2.24, 2.45) is 5.73 Å². The molecule has 0 amide bonds. The molecule has 1 unspecified atom stereocenters. The second-order valence-electron chi connectivity index (χ2n) is 1.13. The first-order valence-electron chi connectivity index (χ1n) is 1.77. The molecule has 0 aromatic carbocycles. The number of rotatable bonds is 2. The van der Waals surface area contributed by atoms with E-state index in [0.717, 1.165) is 0 Å². The molecule has 4 N–H and O–H groups in total. The SMILES string of the molecule is NC(CO)C(=O)O.[Zn]. The first-order chi connectivity index (χ1) is 3.18. The number of aliphatic carboxylic acids is 1. The van der Waals surface area contributed by atoms with Crippen LogP contribution in [0.2, 0.25) is 0 Å². The van der Waals surface area contributed by atoms with Crippen molar-refractivity contribution >= 4 is 5.97 Å². The first kappa shape index (κ1) is 10.9. The van der Waals surface area contributed by atoms with Gasteiger partial charge in [-0.2, -0.15) is 0 Å². The summed E-state index contributed by atoms with van der Waals surface area (Å²) in [6, 6.07) is -1.13. The minimum absolute atomic E-state index is 0. The molecule has 5 heteroatoms. The summed E-state index contributed by atoms with van der Waals surface area (Å²) in [5.41, 5.74) is 4.77. The summed E-state index contributed by atoms with van der Waals surface area (Å²) in [4.78, 5) is 9.65. The molecule has 44 valence electrons. The minimum atomic E-state index is -1.18. The molecule has 0 heterocycles. The Morgan fingerprint density at radius 1 is 1.75 bits per heavy atom. The van der Waals surface area contributed by atoms with E-state index in [1.807, 2.05) is 0 Å². The Kier molecular flexibility index (Phi) is 7.03. The molecule has 0 aliphatic heterocycles. The van der Waals surface area contributed by atoms with Gasteiger partial charge in [-0.15, -0.1) is 0 Å². The van der Waals surface area contributed by atoms with E-state index >= 15 is 0 Å². The van der Waals surface area contributed by atoms with Gasteiger partial charge < -0.3 is 15.9 Å². The van der Waals surface area contributed by atoms with Crippen LogP contribution in [-0.4, -0.2) is 28.8 Å². The van der Waals surface area contributed by atoms with Crippen molar-refractivity contribution in [3.05, 3.63) is 0 Å². The van der Waals surface area contributed by atoms with Crippen LogP contribution in [0.25, 0.3) is 0 Å². The third-order valence-electron chi connectivity index (χ3n) is 0.514. The van der Waals surface area contributed by atoms with Gasteiger partial charge in [0.05, 0.1) is 6.61 Å². The summed E-state index contributed by atoms with van der Waals surface area (Å²) >= 11 is 0. The molecule has 0 aliphatic rings. The quantitative estimate of drug-likeness (QED) is 0.436. The minimum Gasteiger partial charge on any atom is -0.480 e. The van der Waals surface area contributed by atoms with Crippen molar-refractivity contribution in [2.45, 2.75) is 6.04 Å². The molecule has 0 saturated heterocycles. The zero-order valence-corrected chi connectivity index (χ0v) is 7.34. The van der Waals surface area contributed by atoms with Gasteiger partial charge in [0.2, 0.25) is 0 Å². The van der Waals surface area contributed by atoms with Gasteiger partial charge >= 0.3 is 5.97 Å². The predicted molar refractivity (Wildman–Crippen MR) is 22.7 cm³/mol. The maximum Gasteiger partial charge on any atom is 0.322 e. The van der Waals surface area contributed by atoms with Crippen LogP contribution in [0.15, 0.2) is 0 Å². The van der Waals surface area contributed by atoms with Gasteiger partial charge in [0.1, 0.15) is 6.04 Å². The van der Waals surface area contributed by atoms with E-state index in [2.05, 4.69) is 0 Å². The molecule has 0 aromatic heterocycles. The van der Waals surface area contributed by atoms with E-state index in [-0.39, 0.29) is 19.5 Å². The molecular weight excluding hydrogens is 163 g/mol. The number of aliphatic hydroxyl groups excluding tert-OH is 1. The fourth-order valence-electron chi connectivity index (χ4n) is 0.0781. The van der Waals surface area contributed by atoms with Gasteiger partial charge in [-0.3, -0.25) is 4.79 Å². The van der Waals surface area contributed by atoms with E-state index < -0.39 is 18.6 Å². The van der Waals surface area contributed by atoms with Crippen LogP contribution >= 0.6 is 0 Å². The summed E-state index contributed by atoms with van der Waals surface area (Å²) in [7, 11) is 0.